The summed E-state index contributed by atoms with van der Waals surface area (Å²) in [4.78, 5) is 3.74. The van der Waals surface area contributed by atoms with E-state index < -0.39 is 0 Å². The van der Waals surface area contributed by atoms with E-state index in [4.69, 9.17) is 10.2 Å². The van der Waals surface area contributed by atoms with Gasteiger partial charge in [-0.15, -0.1) is 11.3 Å². The topological polar surface area (TPSA) is 53.4 Å². The van der Waals surface area contributed by atoms with Gasteiger partial charge < -0.3 is 10.2 Å². The minimum absolute atomic E-state index is 0.125. The third-order valence-electron chi connectivity index (χ3n) is 0.447. The zero-order valence-corrected chi connectivity index (χ0v) is 5.71. The number of hydrogen-bond donors (Lipinski definition) is 2. The Hall–Kier alpha value is -0.450. The molecule has 2 N–H and O–H groups in total. The normalized spacial score (nSPS) is 7.78. The molecule has 0 saturated heterocycles. The van der Waals surface area contributed by atoms with Crippen LogP contribution in [0, 0.1) is 0 Å². The third kappa shape index (κ3) is 7.55. The quantitative estimate of drug-likeness (QED) is 0.593. The summed E-state index contributed by atoms with van der Waals surface area (Å²) in [5.74, 6) is 0. The molecule has 0 aromatic carbocycles. The minimum atomic E-state index is -0.125. The van der Waals surface area contributed by atoms with Crippen LogP contribution in [0.4, 0.5) is 0 Å². The smallest absolute Gasteiger partial charge is 0.0791 e. The first-order valence-corrected chi connectivity index (χ1v) is 3.40. The van der Waals surface area contributed by atoms with Gasteiger partial charge in [-0.25, -0.2) is 0 Å². The van der Waals surface area contributed by atoms with E-state index in [1.165, 1.54) is 0 Å². The van der Waals surface area contributed by atoms with Crippen molar-refractivity contribution in [3.8, 4) is 0 Å². The van der Waals surface area contributed by atoms with E-state index in [2.05, 4.69) is 4.98 Å². The number of thiazole rings is 1. The van der Waals surface area contributed by atoms with Crippen LogP contribution < -0.4 is 0 Å². The molecule has 1 rings (SSSR count). The molecule has 0 atom stereocenters. The lowest BCUT2D eigenvalue weighted by Gasteiger charge is -1.70. The summed E-state index contributed by atoms with van der Waals surface area (Å²) < 4.78 is 0. The summed E-state index contributed by atoms with van der Waals surface area (Å²) in [5.41, 5.74) is 1.79. The van der Waals surface area contributed by atoms with Crippen molar-refractivity contribution in [2.75, 3.05) is 13.2 Å². The molecule has 4 heteroatoms. The number of aromatic nitrogens is 1. The molecule has 0 aliphatic heterocycles. The standard InChI is InChI=1S/C3H3NS.C2H6O2/c1-2-5-3-4-1;3-1-2-4/h1-3H;3-4H,1-2H2. The minimum Gasteiger partial charge on any atom is -0.394 e. The highest BCUT2D eigenvalue weighted by atomic mass is 32.1. The van der Waals surface area contributed by atoms with Crippen LogP contribution in [0.15, 0.2) is 17.1 Å². The highest BCUT2D eigenvalue weighted by Crippen LogP contribution is 1.85. The van der Waals surface area contributed by atoms with E-state index >= 15 is 0 Å². The van der Waals surface area contributed by atoms with Gasteiger partial charge >= 0.3 is 0 Å². The van der Waals surface area contributed by atoms with E-state index in [0.717, 1.165) is 0 Å². The van der Waals surface area contributed by atoms with Gasteiger partial charge in [-0.3, -0.25) is 4.98 Å². The van der Waals surface area contributed by atoms with Crippen LogP contribution in [0.25, 0.3) is 0 Å². The SMILES string of the molecule is OCCO.c1cscn1. The Morgan fingerprint density at radius 2 is 2.00 bits per heavy atom. The lowest BCUT2D eigenvalue weighted by atomic mass is 10.8. The monoisotopic (exact) mass is 147 g/mol. The summed E-state index contributed by atoms with van der Waals surface area (Å²) in [6.07, 6.45) is 1.77. The van der Waals surface area contributed by atoms with Crippen molar-refractivity contribution >= 4 is 11.3 Å². The predicted octanol–water partition coefficient (Wildman–Crippen LogP) is 0.114. The summed E-state index contributed by atoms with van der Waals surface area (Å²) >= 11 is 1.60. The molecule has 0 saturated carbocycles. The van der Waals surface area contributed by atoms with Crippen molar-refractivity contribution in [1.82, 2.24) is 4.98 Å². The van der Waals surface area contributed by atoms with Crippen molar-refractivity contribution in [2.24, 2.45) is 0 Å². The largest absolute Gasteiger partial charge is 0.394 e. The molecule has 1 aromatic rings. The molecular weight excluding hydrogens is 138 g/mol. The molecular formula is C5H9NO2S. The number of nitrogens with zero attached hydrogens (tertiary/aromatic N) is 1. The van der Waals surface area contributed by atoms with Crippen LogP contribution in [-0.2, 0) is 0 Å². The molecule has 0 bridgehead atoms. The van der Waals surface area contributed by atoms with Crippen molar-refractivity contribution in [2.45, 2.75) is 0 Å². The van der Waals surface area contributed by atoms with Gasteiger partial charge in [0.1, 0.15) is 0 Å². The molecule has 1 aromatic heterocycles. The highest BCUT2D eigenvalue weighted by Gasteiger charge is 1.59. The molecule has 9 heavy (non-hydrogen) atoms. The maximum atomic E-state index is 7.62. The second-order valence-electron chi connectivity index (χ2n) is 1.12. The molecule has 3 nitrogen and oxygen atoms in total. The van der Waals surface area contributed by atoms with Crippen LogP contribution in [0.5, 0.6) is 0 Å². The van der Waals surface area contributed by atoms with E-state index in [-0.39, 0.29) is 13.2 Å². The van der Waals surface area contributed by atoms with Crippen LogP contribution in [0.1, 0.15) is 0 Å². The van der Waals surface area contributed by atoms with Crippen LogP contribution in [0.3, 0.4) is 0 Å². The maximum absolute atomic E-state index is 7.62. The predicted molar refractivity (Wildman–Crippen MR) is 36.3 cm³/mol. The molecule has 0 radical (unpaired) electrons. The number of aliphatic hydroxyl groups is 2. The fourth-order valence-electron chi connectivity index (χ4n) is 0.176. The van der Waals surface area contributed by atoms with Gasteiger partial charge in [0.2, 0.25) is 0 Å². The lowest BCUT2D eigenvalue weighted by molar-refractivity contribution is 0.186. The Morgan fingerprint density at radius 3 is 2.11 bits per heavy atom. The molecule has 0 spiro atoms. The third-order valence-corrected chi connectivity index (χ3v) is 0.969. The Bertz CT molecular complexity index is 90.5. The fraction of sp³-hybridized carbons (Fsp3) is 0.400. The number of aliphatic hydroxyl groups excluding tert-OH is 2. The first-order chi connectivity index (χ1) is 4.41. The van der Waals surface area contributed by atoms with Gasteiger partial charge in [-0.2, -0.15) is 0 Å². The van der Waals surface area contributed by atoms with Crippen LogP contribution in [0.2, 0.25) is 0 Å². The van der Waals surface area contributed by atoms with Gasteiger partial charge in [0.25, 0.3) is 0 Å². The van der Waals surface area contributed by atoms with Crippen molar-refractivity contribution in [3.63, 3.8) is 0 Å². The van der Waals surface area contributed by atoms with Crippen molar-refractivity contribution < 1.29 is 10.2 Å². The van der Waals surface area contributed by atoms with Crippen molar-refractivity contribution in [1.29, 1.82) is 0 Å². The van der Waals surface area contributed by atoms with Crippen LogP contribution >= 0.6 is 11.3 Å². The zero-order chi connectivity index (χ0) is 6.95. The summed E-state index contributed by atoms with van der Waals surface area (Å²) in [6, 6.07) is 0. The van der Waals surface area contributed by atoms with Crippen molar-refractivity contribution in [3.05, 3.63) is 17.1 Å². The van der Waals surface area contributed by atoms with Gasteiger partial charge in [0.05, 0.1) is 18.7 Å². The Kier molecular flexibility index (Phi) is 7.17. The van der Waals surface area contributed by atoms with E-state index in [1.54, 1.807) is 23.0 Å². The number of hydrogen-bond acceptors (Lipinski definition) is 4. The highest BCUT2D eigenvalue weighted by molar-refractivity contribution is 7.07. The first kappa shape index (κ1) is 8.55. The van der Waals surface area contributed by atoms with Gasteiger partial charge in [0, 0.05) is 11.6 Å². The molecule has 1 heterocycles. The van der Waals surface area contributed by atoms with Crippen LogP contribution in [-0.4, -0.2) is 28.4 Å². The molecule has 52 valence electrons. The molecule has 0 fully saturated rings. The summed E-state index contributed by atoms with van der Waals surface area (Å²) in [7, 11) is 0. The molecule has 0 aliphatic carbocycles. The molecule has 0 amide bonds. The van der Waals surface area contributed by atoms with E-state index in [1.807, 2.05) is 5.38 Å². The number of rotatable bonds is 1. The fourth-order valence-corrected chi connectivity index (χ4v) is 0.527. The van der Waals surface area contributed by atoms with Gasteiger partial charge in [0.15, 0.2) is 0 Å². The van der Waals surface area contributed by atoms with Gasteiger partial charge in [-0.1, -0.05) is 0 Å². The average Bonchev–Trinajstić information content (AvgIpc) is 2.43. The Balaban J connectivity index is 0.000000148. The molecule has 0 aliphatic rings. The second-order valence-corrected chi connectivity index (χ2v) is 1.88. The average molecular weight is 147 g/mol. The summed E-state index contributed by atoms with van der Waals surface area (Å²) in [5, 5.41) is 17.2. The Morgan fingerprint density at radius 1 is 1.33 bits per heavy atom. The second kappa shape index (κ2) is 7.55. The zero-order valence-electron chi connectivity index (χ0n) is 4.90. The molecule has 0 unspecified atom stereocenters. The lowest BCUT2D eigenvalue weighted by Crippen LogP contribution is -1.85. The first-order valence-electron chi connectivity index (χ1n) is 2.45. The van der Waals surface area contributed by atoms with Gasteiger partial charge in [-0.05, 0) is 0 Å². The maximum Gasteiger partial charge on any atom is 0.0791 e. The Labute approximate surface area is 57.6 Å². The van der Waals surface area contributed by atoms with E-state index in [9.17, 15) is 0 Å². The van der Waals surface area contributed by atoms with E-state index in [0.29, 0.717) is 0 Å². The summed E-state index contributed by atoms with van der Waals surface area (Å²) in [6.45, 7) is -0.250.